The number of alkyl halides is 1. The van der Waals surface area contributed by atoms with E-state index in [1.54, 1.807) is 24.3 Å². The monoisotopic (exact) mass is 401 g/mol. The second-order valence-electron chi connectivity index (χ2n) is 5.68. The van der Waals surface area contributed by atoms with Gasteiger partial charge in [0.05, 0.1) is 18.2 Å². The molecule has 1 aliphatic rings. The van der Waals surface area contributed by atoms with Crippen LogP contribution in [0.3, 0.4) is 0 Å². The normalized spacial score (nSPS) is 15.7. The first-order chi connectivity index (χ1) is 12.0. The molecule has 0 N–H and O–H groups in total. The van der Waals surface area contributed by atoms with Gasteiger partial charge in [-0.1, -0.05) is 58.4 Å². The highest BCUT2D eigenvalue weighted by Crippen LogP contribution is 2.33. The van der Waals surface area contributed by atoms with Crippen LogP contribution in [0, 0.1) is 0 Å². The maximum absolute atomic E-state index is 12.7. The fourth-order valence-electron chi connectivity index (χ4n) is 2.93. The molecule has 2 unspecified atom stereocenters. The van der Waals surface area contributed by atoms with Crippen molar-refractivity contribution in [3.63, 3.8) is 0 Å². The third kappa shape index (κ3) is 3.22. The van der Waals surface area contributed by atoms with Gasteiger partial charge >= 0.3 is 5.97 Å². The van der Waals surface area contributed by atoms with E-state index in [-0.39, 0.29) is 11.2 Å². The molecule has 0 fully saturated rings. The third-order valence-corrected chi connectivity index (χ3v) is 5.10. The van der Waals surface area contributed by atoms with Crippen LogP contribution in [0.1, 0.15) is 37.5 Å². The Bertz CT molecular complexity index is 786. The number of esters is 1. The van der Waals surface area contributed by atoms with Gasteiger partial charge in [-0.3, -0.25) is 14.5 Å². The standard InChI is InChI=1S/C19H16BrNO4/c1-25-19(24)16(11-15(20)12-7-3-2-4-8-12)21-17(22)13-9-5-6-10-14(13)18(21)23/h2-10,15-16H,11H2,1H3. The molecule has 2 atom stereocenters. The maximum atomic E-state index is 12.7. The van der Waals surface area contributed by atoms with E-state index in [4.69, 9.17) is 4.74 Å². The number of hydrogen-bond acceptors (Lipinski definition) is 4. The van der Waals surface area contributed by atoms with Crippen LogP contribution in [0.5, 0.6) is 0 Å². The smallest absolute Gasteiger partial charge is 0.329 e. The summed E-state index contributed by atoms with van der Waals surface area (Å²) in [6, 6.07) is 15.1. The number of ether oxygens (including phenoxy) is 1. The summed E-state index contributed by atoms with van der Waals surface area (Å²) in [5.41, 5.74) is 1.58. The number of carbonyl (C=O) groups is 3. The van der Waals surface area contributed by atoms with Crippen LogP contribution in [-0.2, 0) is 9.53 Å². The summed E-state index contributed by atoms with van der Waals surface area (Å²) in [7, 11) is 1.25. The van der Waals surface area contributed by atoms with E-state index in [2.05, 4.69) is 15.9 Å². The van der Waals surface area contributed by atoms with Crippen molar-refractivity contribution >= 4 is 33.7 Å². The summed E-state index contributed by atoms with van der Waals surface area (Å²) in [6.07, 6.45) is 0.224. The van der Waals surface area contributed by atoms with E-state index in [1.807, 2.05) is 30.3 Å². The number of imide groups is 1. The molecule has 2 amide bonds. The summed E-state index contributed by atoms with van der Waals surface area (Å²) in [5, 5.41) is 0. The predicted octanol–water partition coefficient (Wildman–Crippen LogP) is 3.35. The Kier molecular flexibility index (Phi) is 4.99. The fraction of sp³-hybridized carbons (Fsp3) is 0.211. The van der Waals surface area contributed by atoms with Gasteiger partial charge in [0.15, 0.2) is 0 Å². The van der Waals surface area contributed by atoms with Gasteiger partial charge in [0.1, 0.15) is 6.04 Å². The molecule has 1 aliphatic heterocycles. The largest absolute Gasteiger partial charge is 0.467 e. The van der Waals surface area contributed by atoms with Gasteiger partial charge < -0.3 is 4.74 Å². The molecule has 3 rings (SSSR count). The minimum atomic E-state index is -0.998. The molecular formula is C19H16BrNO4. The first-order valence-corrected chi connectivity index (χ1v) is 8.70. The molecule has 6 heteroatoms. The third-order valence-electron chi connectivity index (χ3n) is 4.20. The van der Waals surface area contributed by atoms with Gasteiger partial charge in [-0.15, -0.1) is 0 Å². The van der Waals surface area contributed by atoms with Gasteiger partial charge in [-0.25, -0.2) is 4.79 Å². The van der Waals surface area contributed by atoms with Crippen LogP contribution >= 0.6 is 15.9 Å². The molecular weight excluding hydrogens is 386 g/mol. The Labute approximate surface area is 153 Å². The summed E-state index contributed by atoms with van der Waals surface area (Å²) in [5.74, 6) is -1.55. The van der Waals surface area contributed by atoms with Gasteiger partial charge in [-0.2, -0.15) is 0 Å². The second kappa shape index (κ2) is 7.19. The molecule has 1 heterocycles. The van der Waals surface area contributed by atoms with Crippen LogP contribution in [0.25, 0.3) is 0 Å². The Morgan fingerprint density at radius 2 is 1.52 bits per heavy atom. The number of hydrogen-bond donors (Lipinski definition) is 0. The lowest BCUT2D eigenvalue weighted by Gasteiger charge is -2.26. The van der Waals surface area contributed by atoms with E-state index in [0.29, 0.717) is 11.1 Å². The Balaban J connectivity index is 1.91. The highest BCUT2D eigenvalue weighted by molar-refractivity contribution is 9.09. The van der Waals surface area contributed by atoms with Gasteiger partial charge in [-0.05, 0) is 24.1 Å². The van der Waals surface area contributed by atoms with Crippen molar-refractivity contribution in [3.8, 4) is 0 Å². The van der Waals surface area contributed by atoms with E-state index in [1.165, 1.54) is 7.11 Å². The van der Waals surface area contributed by atoms with Crippen LogP contribution in [-0.4, -0.2) is 35.8 Å². The van der Waals surface area contributed by atoms with Gasteiger partial charge in [0.25, 0.3) is 11.8 Å². The molecule has 0 saturated heterocycles. The number of benzene rings is 2. The SMILES string of the molecule is COC(=O)C(CC(Br)c1ccccc1)N1C(=O)c2ccccc2C1=O. The Morgan fingerprint density at radius 3 is 2.04 bits per heavy atom. The first-order valence-electron chi connectivity index (χ1n) is 7.78. The van der Waals surface area contributed by atoms with Crippen LogP contribution < -0.4 is 0 Å². The van der Waals surface area contributed by atoms with E-state index < -0.39 is 23.8 Å². The zero-order valence-corrected chi connectivity index (χ0v) is 15.1. The minimum Gasteiger partial charge on any atom is -0.467 e. The lowest BCUT2D eigenvalue weighted by atomic mass is 10.0. The van der Waals surface area contributed by atoms with Crippen molar-refractivity contribution in [2.45, 2.75) is 17.3 Å². The van der Waals surface area contributed by atoms with Gasteiger partial charge in [0.2, 0.25) is 0 Å². The molecule has 0 spiro atoms. The topological polar surface area (TPSA) is 63.7 Å². The lowest BCUT2D eigenvalue weighted by Crippen LogP contribution is -2.45. The second-order valence-corrected chi connectivity index (χ2v) is 6.78. The molecule has 128 valence electrons. The minimum absolute atomic E-state index is 0.206. The van der Waals surface area contributed by atoms with E-state index in [0.717, 1.165) is 10.5 Å². The van der Waals surface area contributed by atoms with E-state index in [9.17, 15) is 14.4 Å². The van der Waals surface area contributed by atoms with Crippen molar-refractivity contribution in [2.75, 3.05) is 7.11 Å². The number of amides is 2. The van der Waals surface area contributed by atoms with Crippen LogP contribution in [0.2, 0.25) is 0 Å². The van der Waals surface area contributed by atoms with Crippen molar-refractivity contribution in [1.82, 2.24) is 4.90 Å². The summed E-state index contributed by atoms with van der Waals surface area (Å²) >= 11 is 3.55. The molecule has 0 bridgehead atoms. The van der Waals surface area contributed by atoms with E-state index >= 15 is 0 Å². The number of carbonyl (C=O) groups excluding carboxylic acids is 3. The number of nitrogens with zero attached hydrogens (tertiary/aromatic N) is 1. The Morgan fingerprint density at radius 1 is 1.00 bits per heavy atom. The summed E-state index contributed by atoms with van der Waals surface area (Å²) < 4.78 is 4.85. The van der Waals surface area contributed by atoms with Crippen molar-refractivity contribution < 1.29 is 19.1 Å². The average Bonchev–Trinajstić information content (AvgIpc) is 2.91. The lowest BCUT2D eigenvalue weighted by molar-refractivity contribution is -0.145. The summed E-state index contributed by atoms with van der Waals surface area (Å²) in [4.78, 5) is 38.5. The van der Waals surface area contributed by atoms with Crippen molar-refractivity contribution in [1.29, 1.82) is 0 Å². The van der Waals surface area contributed by atoms with Crippen molar-refractivity contribution in [2.24, 2.45) is 0 Å². The zero-order valence-electron chi connectivity index (χ0n) is 13.5. The molecule has 0 radical (unpaired) electrons. The number of fused-ring (bicyclic) bond motifs is 1. The predicted molar refractivity (Wildman–Crippen MR) is 95.5 cm³/mol. The number of methoxy groups -OCH3 is 1. The van der Waals surface area contributed by atoms with Gasteiger partial charge in [0, 0.05) is 4.83 Å². The van der Waals surface area contributed by atoms with Crippen LogP contribution in [0.4, 0.5) is 0 Å². The quantitative estimate of drug-likeness (QED) is 0.437. The number of halogens is 1. The molecule has 0 saturated carbocycles. The highest BCUT2D eigenvalue weighted by atomic mass is 79.9. The molecule has 2 aromatic carbocycles. The molecule has 0 aromatic heterocycles. The van der Waals surface area contributed by atoms with Crippen molar-refractivity contribution in [3.05, 3.63) is 71.3 Å². The maximum Gasteiger partial charge on any atom is 0.329 e. The summed E-state index contributed by atoms with van der Waals surface area (Å²) in [6.45, 7) is 0. The molecule has 0 aliphatic carbocycles. The first kappa shape index (κ1) is 17.4. The zero-order chi connectivity index (χ0) is 18.0. The molecule has 2 aromatic rings. The fourth-order valence-corrected chi connectivity index (χ4v) is 3.59. The average molecular weight is 402 g/mol. The Hall–Kier alpha value is -2.47. The van der Waals surface area contributed by atoms with Crippen LogP contribution in [0.15, 0.2) is 54.6 Å². The molecule has 25 heavy (non-hydrogen) atoms. The number of rotatable bonds is 5. The molecule has 5 nitrogen and oxygen atoms in total. The highest BCUT2D eigenvalue weighted by Gasteiger charge is 2.43.